The maximum Gasteiger partial charge on any atom is 0.357 e. The Labute approximate surface area is 340 Å². The van der Waals surface area contributed by atoms with Crippen LogP contribution in [0.1, 0.15) is 59.3 Å². The molecule has 0 aliphatic heterocycles. The summed E-state index contributed by atoms with van der Waals surface area (Å²) in [5.41, 5.74) is 5.93. The molecule has 0 radical (unpaired) electrons. The number of aryl methyl sites for hydroxylation is 1. The van der Waals surface area contributed by atoms with Gasteiger partial charge in [0, 0.05) is 34.8 Å². The Morgan fingerprint density at radius 3 is 1.71 bits per heavy atom. The third kappa shape index (κ3) is 9.87. The Hall–Kier alpha value is -7.16. The zero-order chi connectivity index (χ0) is 42.6. The second-order valence-electron chi connectivity index (χ2n) is 13.1. The fraction of sp³-hybridized carbons (Fsp3) is 0.200. The summed E-state index contributed by atoms with van der Waals surface area (Å²) in [6.07, 6.45) is 0.530. The molecule has 7 rings (SSSR count). The summed E-state index contributed by atoms with van der Waals surface area (Å²) < 4.78 is 15.3. The molecule has 7 aromatic rings. The number of hydrogen-bond acceptors (Lipinski definition) is 12. The molecule has 3 aromatic heterocycles. The van der Waals surface area contributed by atoms with Gasteiger partial charge in [-0.3, -0.25) is 0 Å². The van der Waals surface area contributed by atoms with Crippen molar-refractivity contribution in [1.29, 1.82) is 0 Å². The lowest BCUT2D eigenvalue weighted by Crippen LogP contribution is -2.14. The molecule has 0 bridgehead atoms. The minimum Gasteiger partial charge on any atom is -0.506 e. The number of carbonyl (C=O) groups is 3. The van der Waals surface area contributed by atoms with Crippen LogP contribution in [0.2, 0.25) is 0 Å². The quantitative estimate of drug-likeness (QED) is 0.0842. The number of aromatic carboxylic acids is 2. The number of carbonyl (C=O) groups excluding carboxylic acids is 1. The second kappa shape index (κ2) is 19.8. The number of phenolic OH excluding ortho intramolecular Hbond substituents is 1. The first-order valence-electron chi connectivity index (χ1n) is 18.4. The van der Waals surface area contributed by atoms with E-state index in [9.17, 15) is 29.7 Å². The van der Waals surface area contributed by atoms with Crippen molar-refractivity contribution < 1.29 is 43.9 Å². The lowest BCUT2D eigenvalue weighted by Gasteiger charge is -2.12. The van der Waals surface area contributed by atoms with E-state index in [1.165, 1.54) is 13.2 Å². The second-order valence-corrected chi connectivity index (χ2v) is 13.1. The van der Waals surface area contributed by atoms with Crippen molar-refractivity contribution in [2.24, 2.45) is 0 Å². The molecule has 0 atom stereocenters. The smallest absolute Gasteiger partial charge is 0.357 e. The average molecular weight is 800 g/mol. The summed E-state index contributed by atoms with van der Waals surface area (Å²) in [5, 5.41) is 36.9. The van der Waals surface area contributed by atoms with Gasteiger partial charge in [-0.25, -0.2) is 29.3 Å². The Balaban J connectivity index is 0.000000169. The fourth-order valence-electron chi connectivity index (χ4n) is 6.53. The number of carboxylic acid groups (broad SMARTS) is 2. The fourth-order valence-corrected chi connectivity index (χ4v) is 6.53. The van der Waals surface area contributed by atoms with Gasteiger partial charge in [0.15, 0.2) is 17.1 Å². The lowest BCUT2D eigenvalue weighted by molar-refractivity contribution is 0.0591. The number of pyridine rings is 3. The van der Waals surface area contributed by atoms with Crippen molar-refractivity contribution in [3.8, 4) is 17.2 Å². The molecule has 0 saturated carbocycles. The summed E-state index contributed by atoms with van der Waals surface area (Å²) >= 11 is 0. The van der Waals surface area contributed by atoms with Gasteiger partial charge in [0.25, 0.3) is 0 Å². The first-order chi connectivity index (χ1) is 28.4. The van der Waals surface area contributed by atoms with Crippen LogP contribution in [0.5, 0.6) is 17.2 Å². The van der Waals surface area contributed by atoms with E-state index in [1.54, 1.807) is 33.4 Å². The first-order valence-corrected chi connectivity index (χ1v) is 18.4. The third-order valence-corrected chi connectivity index (χ3v) is 9.34. The molecular weight excluding hydrogens is 755 g/mol. The number of rotatable bonds is 11. The van der Waals surface area contributed by atoms with E-state index in [0.717, 1.165) is 32.8 Å². The van der Waals surface area contributed by atoms with E-state index in [0.29, 0.717) is 64.4 Å². The number of para-hydroxylation sites is 3. The molecule has 14 heteroatoms. The van der Waals surface area contributed by atoms with Gasteiger partial charge in [0.1, 0.15) is 33.8 Å². The highest BCUT2D eigenvalue weighted by Gasteiger charge is 2.19. The zero-order valence-electron chi connectivity index (χ0n) is 33.5. The highest BCUT2D eigenvalue weighted by molar-refractivity contribution is 5.96. The van der Waals surface area contributed by atoms with Gasteiger partial charge in [0.05, 0.1) is 21.3 Å². The number of aromatic nitrogens is 3. The lowest BCUT2D eigenvalue weighted by atomic mass is 10.0. The Kier molecular flexibility index (Phi) is 14.4. The number of nitrogens with zero attached hydrogens (tertiary/aromatic N) is 3. The zero-order valence-corrected chi connectivity index (χ0v) is 33.5. The van der Waals surface area contributed by atoms with Gasteiger partial charge in [-0.2, -0.15) is 0 Å². The Morgan fingerprint density at radius 2 is 1.17 bits per heavy atom. The molecule has 14 nitrogen and oxygen atoms in total. The van der Waals surface area contributed by atoms with E-state index in [1.807, 2.05) is 92.8 Å². The number of hydrogen-bond donors (Lipinski definition) is 5. The van der Waals surface area contributed by atoms with Crippen LogP contribution < -0.4 is 20.1 Å². The number of aromatic hydroxyl groups is 1. The van der Waals surface area contributed by atoms with Crippen molar-refractivity contribution in [1.82, 2.24) is 25.6 Å². The van der Waals surface area contributed by atoms with Crippen molar-refractivity contribution in [2.75, 3.05) is 35.4 Å². The number of phenols is 1. The van der Waals surface area contributed by atoms with Gasteiger partial charge in [-0.1, -0.05) is 66.7 Å². The van der Waals surface area contributed by atoms with Gasteiger partial charge in [-0.05, 0) is 80.0 Å². The number of fused-ring (bicyclic) bond motifs is 3. The van der Waals surface area contributed by atoms with Crippen molar-refractivity contribution in [3.05, 3.63) is 142 Å². The van der Waals surface area contributed by atoms with Gasteiger partial charge < -0.3 is 40.2 Å². The SMILES string of the molecule is CNCc1c(C(=O)O)nc2c(O)cccc2c1C.CNCc1cc2cccc(OC)c2nc1C(=O)OC.COc1cccc2cc(Cc3ccccc3)c(C(=O)O)nc12. The highest BCUT2D eigenvalue weighted by atomic mass is 16.5. The molecule has 304 valence electrons. The van der Waals surface area contributed by atoms with Gasteiger partial charge in [-0.15, -0.1) is 0 Å². The standard InChI is InChI=1S/C18H15NO3.C14H16N2O3.C13H14N2O3/c1-22-15-9-5-8-13-11-14(10-12-6-3-2-4-7-12)17(18(20)21)19-16(13)15;1-15-8-10-7-9-5-4-6-11(18-2)12(9)16-13(10)14(17)19-3;1-7-8-4-3-5-10(16)11(8)15-12(13(17)18)9(7)6-14-2/h2-9,11H,10H2,1H3,(H,20,21);4-7,15H,8H2,1-3H3;3-5,14,16H,6H2,1-2H3,(H,17,18). The number of ether oxygens (including phenoxy) is 3. The number of methoxy groups -OCH3 is 3. The first kappa shape index (κ1) is 43.0. The van der Waals surface area contributed by atoms with Gasteiger partial charge >= 0.3 is 17.9 Å². The molecule has 0 fully saturated rings. The maximum absolute atomic E-state index is 11.8. The van der Waals surface area contributed by atoms with Crippen LogP contribution in [0.15, 0.2) is 97.1 Å². The van der Waals surface area contributed by atoms with Crippen LogP contribution in [-0.4, -0.2) is 83.6 Å². The maximum atomic E-state index is 11.8. The minimum absolute atomic E-state index is 0.00546. The van der Waals surface area contributed by atoms with Crippen molar-refractivity contribution in [3.63, 3.8) is 0 Å². The van der Waals surface area contributed by atoms with Crippen LogP contribution >= 0.6 is 0 Å². The highest BCUT2D eigenvalue weighted by Crippen LogP contribution is 2.30. The summed E-state index contributed by atoms with van der Waals surface area (Å²) in [4.78, 5) is 47.4. The molecule has 0 aliphatic carbocycles. The van der Waals surface area contributed by atoms with Crippen LogP contribution in [-0.2, 0) is 24.2 Å². The molecule has 0 aliphatic rings. The van der Waals surface area contributed by atoms with E-state index in [-0.39, 0.29) is 17.1 Å². The Morgan fingerprint density at radius 1 is 0.627 bits per heavy atom. The molecule has 59 heavy (non-hydrogen) atoms. The number of benzene rings is 4. The van der Waals surface area contributed by atoms with Crippen molar-refractivity contribution in [2.45, 2.75) is 26.4 Å². The van der Waals surface area contributed by atoms with Crippen LogP contribution in [0, 0.1) is 6.92 Å². The number of carboxylic acids is 2. The minimum atomic E-state index is -1.09. The number of nitrogens with one attached hydrogen (secondary N) is 2. The van der Waals surface area contributed by atoms with Crippen LogP contribution in [0.3, 0.4) is 0 Å². The molecule has 0 unspecified atom stereocenters. The van der Waals surface area contributed by atoms with Crippen LogP contribution in [0.25, 0.3) is 32.7 Å². The average Bonchev–Trinajstić information content (AvgIpc) is 3.24. The number of esters is 1. The van der Waals surface area contributed by atoms with Crippen LogP contribution in [0.4, 0.5) is 0 Å². The van der Waals surface area contributed by atoms with Crippen molar-refractivity contribution >= 4 is 50.6 Å². The van der Waals surface area contributed by atoms with E-state index in [2.05, 4.69) is 25.6 Å². The van der Waals surface area contributed by atoms with E-state index >= 15 is 0 Å². The third-order valence-electron chi connectivity index (χ3n) is 9.34. The summed E-state index contributed by atoms with van der Waals surface area (Å²) in [5.74, 6) is -1.36. The topological polar surface area (TPSA) is 202 Å². The molecule has 3 heterocycles. The predicted molar refractivity (Wildman–Crippen MR) is 225 cm³/mol. The summed E-state index contributed by atoms with van der Waals surface area (Å²) in [7, 11) is 8.04. The van der Waals surface area contributed by atoms with Gasteiger partial charge in [0.2, 0.25) is 0 Å². The molecular formula is C45H45N5O9. The monoisotopic (exact) mass is 799 g/mol. The summed E-state index contributed by atoms with van der Waals surface area (Å²) in [6.45, 7) is 2.80. The molecule has 0 spiro atoms. The van der Waals surface area contributed by atoms with E-state index in [4.69, 9.17) is 14.2 Å². The molecule has 0 amide bonds. The molecule has 0 saturated heterocycles. The predicted octanol–water partition coefficient (Wildman–Crippen LogP) is 6.95. The Bertz CT molecular complexity index is 2630. The van der Waals surface area contributed by atoms with E-state index < -0.39 is 17.9 Å². The normalized spacial score (nSPS) is 10.6. The molecule has 4 aromatic carbocycles. The molecule has 5 N–H and O–H groups in total. The summed E-state index contributed by atoms with van der Waals surface area (Å²) in [6, 6.07) is 29.8. The largest absolute Gasteiger partial charge is 0.506 e.